The maximum atomic E-state index is 6.25. The summed E-state index contributed by atoms with van der Waals surface area (Å²) in [5, 5.41) is 0.181. The number of hydrogen-bond donors (Lipinski definition) is 0. The largest absolute Gasteiger partial charge is 0.541 e. The van der Waals surface area contributed by atoms with Crippen molar-refractivity contribution in [1.29, 1.82) is 0 Å². The van der Waals surface area contributed by atoms with Crippen LogP contribution < -0.4 is 9.16 Å². The van der Waals surface area contributed by atoms with Crippen molar-refractivity contribution in [2.45, 2.75) is 38.9 Å². The molecule has 1 aromatic carbocycles. The van der Waals surface area contributed by atoms with Crippen LogP contribution in [0.2, 0.25) is 18.1 Å². The Morgan fingerprint density at radius 2 is 1.71 bits per heavy atom. The number of rotatable bonds is 3. The minimum atomic E-state index is -1.82. The Morgan fingerprint density at radius 3 is 2.18 bits per heavy atom. The Labute approximate surface area is 114 Å². The quantitative estimate of drug-likeness (QED) is 0.743. The van der Waals surface area contributed by atoms with E-state index in [4.69, 9.17) is 9.16 Å². The van der Waals surface area contributed by atoms with Crippen molar-refractivity contribution in [3.05, 3.63) is 22.7 Å². The van der Waals surface area contributed by atoms with Crippen molar-refractivity contribution in [2.24, 2.45) is 0 Å². The van der Waals surface area contributed by atoms with Gasteiger partial charge in [-0.3, -0.25) is 0 Å². The van der Waals surface area contributed by atoms with Gasteiger partial charge in [0.05, 0.1) is 7.11 Å². The summed E-state index contributed by atoms with van der Waals surface area (Å²) in [5.41, 5.74) is 0. The Balaban J connectivity index is 3.06. The number of hydrogen-bond acceptors (Lipinski definition) is 2. The Kier molecular flexibility index (Phi) is 4.31. The van der Waals surface area contributed by atoms with E-state index in [9.17, 15) is 0 Å². The average molecular weight is 317 g/mol. The van der Waals surface area contributed by atoms with Gasteiger partial charge in [0.1, 0.15) is 5.75 Å². The van der Waals surface area contributed by atoms with Crippen molar-refractivity contribution < 1.29 is 9.16 Å². The second-order valence-corrected chi connectivity index (χ2v) is 11.3. The van der Waals surface area contributed by atoms with Crippen molar-refractivity contribution in [1.82, 2.24) is 0 Å². The van der Waals surface area contributed by atoms with E-state index in [0.717, 1.165) is 16.0 Å². The summed E-state index contributed by atoms with van der Waals surface area (Å²) in [6.07, 6.45) is 0. The van der Waals surface area contributed by atoms with E-state index in [2.05, 4.69) is 49.8 Å². The summed E-state index contributed by atoms with van der Waals surface area (Å²) < 4.78 is 12.6. The van der Waals surface area contributed by atoms with Gasteiger partial charge >= 0.3 is 0 Å². The van der Waals surface area contributed by atoms with Crippen LogP contribution in [-0.2, 0) is 0 Å². The van der Waals surface area contributed by atoms with E-state index in [1.807, 2.05) is 18.2 Å². The van der Waals surface area contributed by atoms with Gasteiger partial charge in [-0.2, -0.15) is 0 Å². The molecule has 0 heterocycles. The monoisotopic (exact) mass is 316 g/mol. The van der Waals surface area contributed by atoms with Crippen LogP contribution in [0.15, 0.2) is 22.7 Å². The van der Waals surface area contributed by atoms with Crippen LogP contribution in [0.4, 0.5) is 0 Å². The van der Waals surface area contributed by atoms with Crippen LogP contribution in [0.5, 0.6) is 11.5 Å². The molecule has 96 valence electrons. The maximum Gasteiger partial charge on any atom is 0.250 e. The van der Waals surface area contributed by atoms with Crippen molar-refractivity contribution in [2.75, 3.05) is 7.11 Å². The minimum absolute atomic E-state index is 0.181. The molecule has 0 saturated carbocycles. The first-order chi connectivity index (χ1) is 7.67. The Morgan fingerprint density at radius 1 is 1.12 bits per heavy atom. The molecular formula is C13H21BrO2Si. The maximum absolute atomic E-state index is 6.25. The highest BCUT2D eigenvalue weighted by Gasteiger charge is 2.39. The molecule has 0 unspecified atom stereocenters. The zero-order chi connectivity index (χ0) is 13.3. The molecule has 0 amide bonds. The van der Waals surface area contributed by atoms with Crippen LogP contribution in [0.25, 0.3) is 0 Å². The highest BCUT2D eigenvalue weighted by atomic mass is 79.9. The van der Waals surface area contributed by atoms with Crippen molar-refractivity contribution in [3.63, 3.8) is 0 Å². The van der Waals surface area contributed by atoms with Crippen LogP contribution in [0.3, 0.4) is 0 Å². The average Bonchev–Trinajstić information content (AvgIpc) is 2.15. The molecule has 0 aromatic heterocycles. The zero-order valence-electron chi connectivity index (χ0n) is 11.4. The molecule has 0 radical (unpaired) electrons. The van der Waals surface area contributed by atoms with Gasteiger partial charge in [0.15, 0.2) is 5.75 Å². The van der Waals surface area contributed by atoms with E-state index < -0.39 is 8.32 Å². The summed E-state index contributed by atoms with van der Waals surface area (Å²) >= 11 is 3.46. The molecule has 1 aromatic rings. The van der Waals surface area contributed by atoms with E-state index in [1.165, 1.54) is 0 Å². The molecule has 0 spiro atoms. The van der Waals surface area contributed by atoms with Gasteiger partial charge in [-0.25, -0.2) is 0 Å². The van der Waals surface area contributed by atoms with Gasteiger partial charge in [-0.1, -0.05) is 36.7 Å². The van der Waals surface area contributed by atoms with Gasteiger partial charge < -0.3 is 9.16 Å². The van der Waals surface area contributed by atoms with Crippen LogP contribution in [0, 0.1) is 0 Å². The van der Waals surface area contributed by atoms with Gasteiger partial charge in [0, 0.05) is 4.47 Å². The summed E-state index contributed by atoms with van der Waals surface area (Å²) in [5.74, 6) is 1.62. The molecule has 0 N–H and O–H groups in total. The van der Waals surface area contributed by atoms with Gasteiger partial charge in [-0.05, 0) is 36.3 Å². The Bertz CT molecular complexity index is 397. The third-order valence-electron chi connectivity index (χ3n) is 3.30. The first-order valence-corrected chi connectivity index (χ1v) is 9.40. The number of halogens is 1. The fraction of sp³-hybridized carbons (Fsp3) is 0.538. The molecule has 17 heavy (non-hydrogen) atoms. The molecule has 2 nitrogen and oxygen atoms in total. The molecule has 0 aliphatic heterocycles. The highest BCUT2D eigenvalue weighted by molar-refractivity contribution is 9.10. The zero-order valence-corrected chi connectivity index (χ0v) is 14.0. The summed E-state index contributed by atoms with van der Waals surface area (Å²) in [6, 6.07) is 5.85. The van der Waals surface area contributed by atoms with Crippen LogP contribution in [-0.4, -0.2) is 15.4 Å². The molecule has 0 bridgehead atoms. The molecule has 0 aliphatic carbocycles. The SMILES string of the molecule is COc1ccc(Br)cc1O[Si](C)(C)C(C)(C)C. The molecule has 4 heteroatoms. The lowest BCUT2D eigenvalue weighted by Crippen LogP contribution is -2.43. The van der Waals surface area contributed by atoms with E-state index in [0.29, 0.717) is 0 Å². The molecular weight excluding hydrogens is 296 g/mol. The number of methoxy groups -OCH3 is 1. The number of ether oxygens (including phenoxy) is 1. The lowest BCUT2D eigenvalue weighted by atomic mass is 10.2. The van der Waals surface area contributed by atoms with Gasteiger partial charge in [0.2, 0.25) is 0 Å². The molecule has 0 fully saturated rings. The molecule has 0 atom stereocenters. The molecule has 0 saturated heterocycles. The Hall–Kier alpha value is -0.483. The molecule has 0 aliphatic rings. The fourth-order valence-electron chi connectivity index (χ4n) is 1.16. The van der Waals surface area contributed by atoms with Gasteiger partial charge in [-0.15, -0.1) is 0 Å². The predicted octanol–water partition coefficient (Wildman–Crippen LogP) is 4.84. The fourth-order valence-corrected chi connectivity index (χ4v) is 2.51. The lowest BCUT2D eigenvalue weighted by molar-refractivity contribution is 0.385. The summed E-state index contributed by atoms with van der Waals surface area (Å²) in [4.78, 5) is 0. The van der Waals surface area contributed by atoms with Crippen molar-refractivity contribution in [3.8, 4) is 11.5 Å². The lowest BCUT2D eigenvalue weighted by Gasteiger charge is -2.36. The normalized spacial score (nSPS) is 12.4. The van der Waals surface area contributed by atoms with E-state index in [-0.39, 0.29) is 5.04 Å². The second kappa shape index (κ2) is 5.02. The highest BCUT2D eigenvalue weighted by Crippen LogP contribution is 2.40. The van der Waals surface area contributed by atoms with Crippen LogP contribution >= 0.6 is 15.9 Å². The third kappa shape index (κ3) is 3.49. The topological polar surface area (TPSA) is 18.5 Å². The number of benzene rings is 1. The van der Waals surface area contributed by atoms with E-state index in [1.54, 1.807) is 7.11 Å². The second-order valence-electron chi connectivity index (χ2n) is 5.66. The van der Waals surface area contributed by atoms with E-state index >= 15 is 0 Å². The predicted molar refractivity (Wildman–Crippen MR) is 78.5 cm³/mol. The third-order valence-corrected chi connectivity index (χ3v) is 8.13. The standard InChI is InChI=1S/C13H21BrO2Si/c1-13(2,3)17(5,6)16-12-9-10(14)7-8-11(12)15-4/h7-9H,1-6H3. The summed E-state index contributed by atoms with van der Waals surface area (Å²) in [6.45, 7) is 11.1. The smallest absolute Gasteiger partial charge is 0.250 e. The first-order valence-electron chi connectivity index (χ1n) is 5.70. The molecule has 1 rings (SSSR count). The first kappa shape index (κ1) is 14.6. The van der Waals surface area contributed by atoms with Crippen molar-refractivity contribution >= 4 is 24.2 Å². The van der Waals surface area contributed by atoms with Crippen LogP contribution in [0.1, 0.15) is 20.8 Å². The van der Waals surface area contributed by atoms with Gasteiger partial charge in [0.25, 0.3) is 8.32 Å². The minimum Gasteiger partial charge on any atom is -0.541 e. The summed E-state index contributed by atoms with van der Waals surface area (Å²) in [7, 11) is -0.149.